The monoisotopic (exact) mass is 431 g/mol. The van der Waals surface area contributed by atoms with Crippen molar-refractivity contribution < 1.29 is 29.0 Å². The molecule has 2 heterocycles. The van der Waals surface area contributed by atoms with Gasteiger partial charge < -0.3 is 14.4 Å². The van der Waals surface area contributed by atoms with E-state index in [4.69, 9.17) is 9.84 Å². The van der Waals surface area contributed by atoms with Gasteiger partial charge >= 0.3 is 12.0 Å². The van der Waals surface area contributed by atoms with Crippen molar-refractivity contribution >= 4 is 35.6 Å². The Morgan fingerprint density at radius 2 is 1.62 bits per heavy atom. The van der Waals surface area contributed by atoms with E-state index in [9.17, 15) is 19.2 Å². The average molecular weight is 431 g/mol. The highest BCUT2D eigenvalue weighted by molar-refractivity contribution is 6.39. The zero-order chi connectivity index (χ0) is 22.8. The molecule has 0 spiro atoms. The minimum absolute atomic E-state index is 0.135. The number of barbiturate groups is 1. The molecule has 32 heavy (non-hydrogen) atoms. The Kier molecular flexibility index (Phi) is 5.30. The number of aromatic nitrogens is 1. The summed E-state index contributed by atoms with van der Waals surface area (Å²) in [6.07, 6.45) is 3.09. The quantitative estimate of drug-likeness (QED) is 0.474. The summed E-state index contributed by atoms with van der Waals surface area (Å²) in [6, 6.07) is 15.0. The van der Waals surface area contributed by atoms with Crippen molar-refractivity contribution in [3.8, 4) is 11.4 Å². The molecule has 2 aromatic carbocycles. The highest BCUT2D eigenvalue weighted by Gasteiger charge is 2.37. The molecule has 1 aliphatic rings. The third-order valence-corrected chi connectivity index (χ3v) is 4.90. The van der Waals surface area contributed by atoms with E-state index in [0.717, 1.165) is 4.90 Å². The van der Waals surface area contributed by atoms with Gasteiger partial charge in [0.15, 0.2) is 0 Å². The maximum Gasteiger partial charge on any atom is 0.335 e. The van der Waals surface area contributed by atoms with Crippen LogP contribution in [0.25, 0.3) is 11.8 Å². The van der Waals surface area contributed by atoms with Gasteiger partial charge in [0.1, 0.15) is 11.3 Å². The molecule has 0 radical (unpaired) electrons. The van der Waals surface area contributed by atoms with Crippen LogP contribution in [0.2, 0.25) is 0 Å². The molecule has 4 amide bonds. The second-order valence-corrected chi connectivity index (χ2v) is 6.81. The summed E-state index contributed by atoms with van der Waals surface area (Å²) in [5.74, 6) is -2.06. The van der Waals surface area contributed by atoms with E-state index in [1.165, 1.54) is 37.5 Å². The molecule has 1 saturated heterocycles. The lowest BCUT2D eigenvalue weighted by molar-refractivity contribution is -0.122. The summed E-state index contributed by atoms with van der Waals surface area (Å²) >= 11 is 0. The predicted octanol–water partition coefficient (Wildman–Crippen LogP) is 2.85. The number of carboxylic acids is 1. The van der Waals surface area contributed by atoms with Crippen molar-refractivity contribution in [2.45, 2.75) is 0 Å². The minimum Gasteiger partial charge on any atom is -0.497 e. The fourth-order valence-corrected chi connectivity index (χ4v) is 3.28. The van der Waals surface area contributed by atoms with Crippen LogP contribution in [-0.2, 0) is 9.59 Å². The number of anilines is 1. The van der Waals surface area contributed by atoms with Crippen LogP contribution in [0.15, 0.2) is 72.4 Å². The van der Waals surface area contributed by atoms with Crippen LogP contribution in [0.3, 0.4) is 0 Å². The van der Waals surface area contributed by atoms with Crippen molar-refractivity contribution in [3.63, 3.8) is 0 Å². The Bertz CT molecular complexity index is 1260. The van der Waals surface area contributed by atoms with Crippen LogP contribution in [0.1, 0.15) is 16.1 Å². The molecular weight excluding hydrogens is 414 g/mol. The summed E-state index contributed by atoms with van der Waals surface area (Å²) in [5, 5.41) is 11.2. The number of aromatic carboxylic acids is 1. The van der Waals surface area contributed by atoms with Crippen LogP contribution in [0, 0.1) is 0 Å². The SMILES string of the molecule is COc1ccc(N2C(=O)NC(=O)C(=Cc3cccn3-c3ccc(C(=O)O)cc3)C2=O)cc1. The number of amides is 4. The number of carbonyl (C=O) groups excluding carboxylic acids is 3. The molecule has 9 nitrogen and oxygen atoms in total. The Morgan fingerprint density at radius 1 is 0.969 bits per heavy atom. The smallest absolute Gasteiger partial charge is 0.335 e. The Balaban J connectivity index is 1.70. The summed E-state index contributed by atoms with van der Waals surface area (Å²) in [7, 11) is 1.50. The van der Waals surface area contributed by atoms with Gasteiger partial charge in [-0.25, -0.2) is 14.5 Å². The minimum atomic E-state index is -1.04. The summed E-state index contributed by atoms with van der Waals surface area (Å²) in [6.45, 7) is 0. The molecule has 4 rings (SSSR count). The van der Waals surface area contributed by atoms with E-state index in [1.54, 1.807) is 47.2 Å². The van der Waals surface area contributed by atoms with E-state index >= 15 is 0 Å². The molecular formula is C23H17N3O6. The first-order valence-corrected chi connectivity index (χ1v) is 9.45. The molecule has 1 fully saturated rings. The van der Waals surface area contributed by atoms with Crippen LogP contribution >= 0.6 is 0 Å². The van der Waals surface area contributed by atoms with Crippen LogP contribution in [-0.4, -0.2) is 40.6 Å². The highest BCUT2D eigenvalue weighted by atomic mass is 16.5. The van der Waals surface area contributed by atoms with Crippen molar-refractivity contribution in [1.29, 1.82) is 0 Å². The van der Waals surface area contributed by atoms with E-state index in [0.29, 0.717) is 17.1 Å². The number of carbonyl (C=O) groups is 4. The van der Waals surface area contributed by atoms with E-state index in [2.05, 4.69) is 5.32 Å². The molecule has 0 atom stereocenters. The number of benzene rings is 2. The fourth-order valence-electron chi connectivity index (χ4n) is 3.28. The first-order valence-electron chi connectivity index (χ1n) is 9.45. The zero-order valence-corrected chi connectivity index (χ0v) is 16.8. The van der Waals surface area contributed by atoms with Gasteiger partial charge in [-0.2, -0.15) is 0 Å². The molecule has 0 aliphatic carbocycles. The average Bonchev–Trinajstić information content (AvgIpc) is 3.25. The number of hydrogen-bond acceptors (Lipinski definition) is 5. The number of rotatable bonds is 5. The Hall–Kier alpha value is -4.66. The molecule has 0 saturated carbocycles. The lowest BCUT2D eigenvalue weighted by Gasteiger charge is -2.26. The molecule has 160 valence electrons. The Labute approximate surface area is 182 Å². The number of methoxy groups -OCH3 is 1. The standard InChI is InChI=1S/C23H17N3O6/c1-32-18-10-8-16(9-11-18)26-21(28)19(20(27)24-23(26)31)13-17-3-2-12-25(17)15-6-4-14(5-7-15)22(29)30/h2-13H,1H3,(H,29,30)(H,24,27,31). The van der Waals surface area contributed by atoms with Gasteiger partial charge in [-0.15, -0.1) is 0 Å². The molecule has 0 bridgehead atoms. The van der Waals surface area contributed by atoms with E-state index < -0.39 is 23.8 Å². The molecule has 0 unspecified atom stereocenters. The number of carboxylic acid groups (broad SMARTS) is 1. The lowest BCUT2D eigenvalue weighted by Crippen LogP contribution is -2.54. The fraction of sp³-hybridized carbons (Fsp3) is 0.0435. The topological polar surface area (TPSA) is 118 Å². The molecule has 2 N–H and O–H groups in total. The normalized spacial score (nSPS) is 15.1. The highest BCUT2D eigenvalue weighted by Crippen LogP contribution is 2.25. The van der Waals surface area contributed by atoms with E-state index in [1.807, 2.05) is 0 Å². The predicted molar refractivity (Wildman–Crippen MR) is 115 cm³/mol. The van der Waals surface area contributed by atoms with Crippen molar-refractivity contribution in [2.24, 2.45) is 0 Å². The molecule has 3 aromatic rings. The van der Waals surface area contributed by atoms with Crippen LogP contribution < -0.4 is 15.0 Å². The second-order valence-electron chi connectivity index (χ2n) is 6.81. The number of imide groups is 2. The number of nitrogens with zero attached hydrogens (tertiary/aromatic N) is 2. The van der Waals surface area contributed by atoms with Gasteiger partial charge in [0.2, 0.25) is 0 Å². The third-order valence-electron chi connectivity index (χ3n) is 4.90. The van der Waals surface area contributed by atoms with Crippen LogP contribution in [0.4, 0.5) is 10.5 Å². The number of urea groups is 1. The summed E-state index contributed by atoms with van der Waals surface area (Å²) in [5.41, 5.74) is 1.33. The largest absolute Gasteiger partial charge is 0.497 e. The van der Waals surface area contributed by atoms with Gasteiger partial charge in [0.05, 0.1) is 18.4 Å². The van der Waals surface area contributed by atoms with Gasteiger partial charge in [-0.3, -0.25) is 14.9 Å². The van der Waals surface area contributed by atoms with Gasteiger partial charge in [-0.05, 0) is 66.7 Å². The first kappa shape index (κ1) is 20.6. The van der Waals surface area contributed by atoms with Crippen molar-refractivity contribution in [1.82, 2.24) is 9.88 Å². The summed E-state index contributed by atoms with van der Waals surface area (Å²) in [4.78, 5) is 49.8. The van der Waals surface area contributed by atoms with Gasteiger partial charge in [0.25, 0.3) is 11.8 Å². The first-order chi connectivity index (χ1) is 15.4. The van der Waals surface area contributed by atoms with Crippen molar-refractivity contribution in [3.05, 3.63) is 83.7 Å². The van der Waals surface area contributed by atoms with Gasteiger partial charge in [-0.1, -0.05) is 0 Å². The third kappa shape index (κ3) is 3.74. The lowest BCUT2D eigenvalue weighted by atomic mass is 10.1. The second kappa shape index (κ2) is 8.23. The zero-order valence-electron chi connectivity index (χ0n) is 16.8. The van der Waals surface area contributed by atoms with Crippen molar-refractivity contribution in [2.75, 3.05) is 12.0 Å². The molecule has 1 aromatic heterocycles. The Morgan fingerprint density at radius 3 is 2.25 bits per heavy atom. The number of hydrogen-bond donors (Lipinski definition) is 2. The van der Waals surface area contributed by atoms with Gasteiger partial charge in [0, 0.05) is 17.6 Å². The molecule has 9 heteroatoms. The summed E-state index contributed by atoms with van der Waals surface area (Å²) < 4.78 is 6.78. The maximum absolute atomic E-state index is 13.1. The molecule has 1 aliphatic heterocycles. The van der Waals surface area contributed by atoms with Crippen LogP contribution in [0.5, 0.6) is 5.75 Å². The number of nitrogens with one attached hydrogen (secondary N) is 1. The number of ether oxygens (including phenoxy) is 1. The maximum atomic E-state index is 13.1. The van der Waals surface area contributed by atoms with E-state index in [-0.39, 0.29) is 16.8 Å².